The maximum atomic E-state index is 5.54. The lowest BCUT2D eigenvalue weighted by Gasteiger charge is -2.12. The predicted octanol–water partition coefficient (Wildman–Crippen LogP) is 3.69. The van der Waals surface area contributed by atoms with Gasteiger partial charge in [-0.2, -0.15) is 11.8 Å². The van der Waals surface area contributed by atoms with E-state index in [0.717, 1.165) is 18.1 Å². The molecule has 0 aliphatic rings. The van der Waals surface area contributed by atoms with E-state index in [4.69, 9.17) is 4.42 Å². The highest BCUT2D eigenvalue weighted by Crippen LogP contribution is 2.20. The number of furan rings is 1. The molecule has 1 aromatic rings. The van der Waals surface area contributed by atoms with Crippen LogP contribution in [-0.4, -0.2) is 18.6 Å². The predicted molar refractivity (Wildman–Crippen MR) is 72.2 cm³/mol. The number of rotatable bonds is 7. The molecule has 1 aromatic heterocycles. The van der Waals surface area contributed by atoms with Crippen molar-refractivity contribution in [2.45, 2.75) is 39.7 Å². The molecule has 1 unspecified atom stereocenters. The van der Waals surface area contributed by atoms with Crippen LogP contribution in [0, 0.1) is 13.8 Å². The Labute approximate surface area is 103 Å². The standard InChI is InChI=1S/C13H23NOS/c1-10-9-13(12(3)15-10)11(2)14-7-5-6-8-16-4/h9,11,14H,5-8H2,1-4H3. The molecule has 0 aromatic carbocycles. The molecule has 0 aliphatic carbocycles. The van der Waals surface area contributed by atoms with Gasteiger partial charge in [0.25, 0.3) is 0 Å². The second-order valence-electron chi connectivity index (χ2n) is 4.24. The first-order chi connectivity index (χ1) is 7.65. The Morgan fingerprint density at radius 1 is 1.38 bits per heavy atom. The van der Waals surface area contributed by atoms with Gasteiger partial charge in [0.1, 0.15) is 11.5 Å². The molecule has 2 nitrogen and oxygen atoms in total. The minimum atomic E-state index is 0.395. The fourth-order valence-electron chi connectivity index (χ4n) is 1.88. The van der Waals surface area contributed by atoms with Crippen molar-refractivity contribution in [3.8, 4) is 0 Å². The molecule has 1 rings (SSSR count). The fraction of sp³-hybridized carbons (Fsp3) is 0.692. The second kappa shape index (κ2) is 7.02. The Morgan fingerprint density at radius 3 is 2.69 bits per heavy atom. The van der Waals surface area contributed by atoms with E-state index in [1.165, 1.54) is 24.2 Å². The molecular formula is C13H23NOS. The van der Waals surface area contributed by atoms with E-state index in [1.54, 1.807) is 0 Å². The highest BCUT2D eigenvalue weighted by Gasteiger charge is 2.11. The van der Waals surface area contributed by atoms with Gasteiger partial charge in [-0.05, 0) is 58.2 Å². The molecule has 0 bridgehead atoms. The second-order valence-corrected chi connectivity index (χ2v) is 5.23. The zero-order valence-electron chi connectivity index (χ0n) is 10.8. The topological polar surface area (TPSA) is 25.2 Å². The highest BCUT2D eigenvalue weighted by atomic mass is 32.2. The van der Waals surface area contributed by atoms with Crippen LogP contribution in [0.4, 0.5) is 0 Å². The number of aryl methyl sites for hydroxylation is 2. The molecule has 0 aliphatic heterocycles. The van der Waals surface area contributed by atoms with E-state index in [-0.39, 0.29) is 0 Å². The van der Waals surface area contributed by atoms with Gasteiger partial charge in [0.15, 0.2) is 0 Å². The third-order valence-corrected chi connectivity index (χ3v) is 3.47. The minimum absolute atomic E-state index is 0.395. The van der Waals surface area contributed by atoms with E-state index < -0.39 is 0 Å². The molecule has 1 heterocycles. The summed E-state index contributed by atoms with van der Waals surface area (Å²) in [5.41, 5.74) is 1.29. The lowest BCUT2D eigenvalue weighted by Crippen LogP contribution is -2.20. The summed E-state index contributed by atoms with van der Waals surface area (Å²) >= 11 is 1.92. The first kappa shape index (κ1) is 13.7. The van der Waals surface area contributed by atoms with Gasteiger partial charge in [0, 0.05) is 11.6 Å². The van der Waals surface area contributed by atoms with Crippen LogP contribution in [0.25, 0.3) is 0 Å². The SMILES string of the molecule is CSCCCCNC(C)c1cc(C)oc1C. The number of nitrogens with one attached hydrogen (secondary N) is 1. The van der Waals surface area contributed by atoms with Gasteiger partial charge in [0.05, 0.1) is 0 Å². The van der Waals surface area contributed by atoms with Crippen LogP contribution in [0.1, 0.15) is 42.9 Å². The molecule has 0 spiro atoms. The third kappa shape index (κ3) is 4.22. The molecule has 0 fully saturated rings. The molecule has 1 atom stereocenters. The van der Waals surface area contributed by atoms with Crippen LogP contribution in [0.3, 0.4) is 0 Å². The summed E-state index contributed by atoms with van der Waals surface area (Å²) in [6.07, 6.45) is 4.71. The summed E-state index contributed by atoms with van der Waals surface area (Å²) in [6.45, 7) is 7.33. The summed E-state index contributed by atoms with van der Waals surface area (Å²) in [5, 5.41) is 3.54. The van der Waals surface area contributed by atoms with E-state index in [0.29, 0.717) is 6.04 Å². The normalized spacial score (nSPS) is 13.0. The van der Waals surface area contributed by atoms with Crippen molar-refractivity contribution in [1.82, 2.24) is 5.32 Å². The lowest BCUT2D eigenvalue weighted by atomic mass is 10.1. The minimum Gasteiger partial charge on any atom is -0.466 e. The summed E-state index contributed by atoms with van der Waals surface area (Å²) in [4.78, 5) is 0. The summed E-state index contributed by atoms with van der Waals surface area (Å²) < 4.78 is 5.54. The van der Waals surface area contributed by atoms with Gasteiger partial charge < -0.3 is 9.73 Å². The van der Waals surface area contributed by atoms with Crippen LogP contribution in [-0.2, 0) is 0 Å². The van der Waals surface area contributed by atoms with Crippen molar-refractivity contribution < 1.29 is 4.42 Å². The van der Waals surface area contributed by atoms with Gasteiger partial charge >= 0.3 is 0 Å². The zero-order valence-corrected chi connectivity index (χ0v) is 11.6. The van der Waals surface area contributed by atoms with E-state index in [9.17, 15) is 0 Å². The number of thioether (sulfide) groups is 1. The fourth-order valence-corrected chi connectivity index (χ4v) is 2.37. The Bertz CT molecular complexity index is 309. The Hall–Kier alpha value is -0.410. The van der Waals surface area contributed by atoms with Gasteiger partial charge in [0.2, 0.25) is 0 Å². The van der Waals surface area contributed by atoms with Crippen molar-refractivity contribution in [3.05, 3.63) is 23.2 Å². The lowest BCUT2D eigenvalue weighted by molar-refractivity contribution is 0.488. The van der Waals surface area contributed by atoms with Crippen molar-refractivity contribution >= 4 is 11.8 Å². The smallest absolute Gasteiger partial charge is 0.105 e. The maximum absolute atomic E-state index is 5.54. The van der Waals surface area contributed by atoms with Crippen molar-refractivity contribution in [3.63, 3.8) is 0 Å². The summed E-state index contributed by atoms with van der Waals surface area (Å²) in [7, 11) is 0. The molecular weight excluding hydrogens is 218 g/mol. The van der Waals surface area contributed by atoms with Gasteiger partial charge in [-0.3, -0.25) is 0 Å². The van der Waals surface area contributed by atoms with Crippen LogP contribution >= 0.6 is 11.8 Å². The van der Waals surface area contributed by atoms with Gasteiger partial charge in [-0.25, -0.2) is 0 Å². The Morgan fingerprint density at radius 2 is 2.12 bits per heavy atom. The van der Waals surface area contributed by atoms with Gasteiger partial charge in [-0.1, -0.05) is 0 Å². The van der Waals surface area contributed by atoms with Gasteiger partial charge in [-0.15, -0.1) is 0 Å². The van der Waals surface area contributed by atoms with E-state index in [2.05, 4.69) is 24.6 Å². The van der Waals surface area contributed by atoms with E-state index in [1.807, 2.05) is 25.6 Å². The Kier molecular flexibility index (Phi) is 5.99. The van der Waals surface area contributed by atoms with E-state index >= 15 is 0 Å². The van der Waals surface area contributed by atoms with Crippen LogP contribution in [0.2, 0.25) is 0 Å². The molecule has 0 saturated carbocycles. The van der Waals surface area contributed by atoms with Crippen LogP contribution < -0.4 is 5.32 Å². The first-order valence-electron chi connectivity index (χ1n) is 5.94. The summed E-state index contributed by atoms with van der Waals surface area (Å²) in [6, 6.07) is 2.53. The Balaban J connectivity index is 2.29. The molecule has 3 heteroatoms. The third-order valence-electron chi connectivity index (χ3n) is 2.77. The number of hydrogen-bond acceptors (Lipinski definition) is 3. The number of hydrogen-bond donors (Lipinski definition) is 1. The quantitative estimate of drug-likeness (QED) is 0.737. The molecule has 0 amide bonds. The molecule has 92 valence electrons. The first-order valence-corrected chi connectivity index (χ1v) is 7.33. The monoisotopic (exact) mass is 241 g/mol. The zero-order chi connectivity index (χ0) is 12.0. The van der Waals surface area contributed by atoms with Crippen molar-refractivity contribution in [2.24, 2.45) is 0 Å². The molecule has 16 heavy (non-hydrogen) atoms. The number of unbranched alkanes of at least 4 members (excludes halogenated alkanes) is 1. The molecule has 0 radical (unpaired) electrons. The maximum Gasteiger partial charge on any atom is 0.105 e. The van der Waals surface area contributed by atoms with Crippen molar-refractivity contribution in [1.29, 1.82) is 0 Å². The average Bonchev–Trinajstić information content (AvgIpc) is 2.57. The molecule has 1 N–H and O–H groups in total. The molecule has 0 saturated heterocycles. The highest BCUT2D eigenvalue weighted by molar-refractivity contribution is 7.98. The summed E-state index contributed by atoms with van der Waals surface area (Å²) in [5.74, 6) is 3.31. The van der Waals surface area contributed by atoms with Crippen LogP contribution in [0.15, 0.2) is 10.5 Å². The largest absolute Gasteiger partial charge is 0.466 e. The average molecular weight is 241 g/mol. The van der Waals surface area contributed by atoms with Crippen LogP contribution in [0.5, 0.6) is 0 Å². The van der Waals surface area contributed by atoms with Crippen molar-refractivity contribution in [2.75, 3.05) is 18.6 Å².